The standard InChI is InChI=1S/C19H19ClN2O/c1-2-15(12-23)21-19-11-18(13-6-4-3-5-7-13)22-17-9-8-14(20)10-16(17)19/h3-11,15,23H,2,12H2,1H3,(H,21,22). The number of halogens is 1. The lowest BCUT2D eigenvalue weighted by Gasteiger charge is -2.18. The molecule has 0 spiro atoms. The number of nitrogens with one attached hydrogen (secondary N) is 1. The van der Waals surface area contributed by atoms with Crippen LogP contribution in [0, 0.1) is 0 Å². The summed E-state index contributed by atoms with van der Waals surface area (Å²) < 4.78 is 0. The van der Waals surface area contributed by atoms with Gasteiger partial charge in [-0.2, -0.15) is 0 Å². The maximum absolute atomic E-state index is 9.50. The van der Waals surface area contributed by atoms with Gasteiger partial charge in [-0.05, 0) is 30.7 Å². The van der Waals surface area contributed by atoms with Crippen molar-refractivity contribution in [1.29, 1.82) is 0 Å². The molecule has 0 aliphatic carbocycles. The molecule has 2 aromatic carbocycles. The Morgan fingerprint density at radius 2 is 1.91 bits per heavy atom. The third-order valence-electron chi connectivity index (χ3n) is 3.91. The van der Waals surface area contributed by atoms with E-state index < -0.39 is 0 Å². The summed E-state index contributed by atoms with van der Waals surface area (Å²) in [5.41, 5.74) is 3.78. The topological polar surface area (TPSA) is 45.1 Å². The largest absolute Gasteiger partial charge is 0.394 e. The van der Waals surface area contributed by atoms with Gasteiger partial charge >= 0.3 is 0 Å². The lowest BCUT2D eigenvalue weighted by Crippen LogP contribution is -2.22. The van der Waals surface area contributed by atoms with Crippen LogP contribution in [0.2, 0.25) is 5.02 Å². The highest BCUT2D eigenvalue weighted by molar-refractivity contribution is 6.31. The van der Waals surface area contributed by atoms with Crippen LogP contribution in [0.15, 0.2) is 54.6 Å². The molecule has 0 aliphatic heterocycles. The molecule has 0 amide bonds. The van der Waals surface area contributed by atoms with Crippen molar-refractivity contribution in [3.8, 4) is 11.3 Å². The Balaban J connectivity index is 2.15. The van der Waals surface area contributed by atoms with Gasteiger partial charge in [0.25, 0.3) is 0 Å². The Morgan fingerprint density at radius 1 is 1.13 bits per heavy atom. The molecule has 2 N–H and O–H groups in total. The first-order chi connectivity index (χ1) is 11.2. The Morgan fingerprint density at radius 3 is 2.61 bits per heavy atom. The van der Waals surface area contributed by atoms with Gasteiger partial charge in [-0.25, -0.2) is 4.98 Å². The number of fused-ring (bicyclic) bond motifs is 1. The fourth-order valence-corrected chi connectivity index (χ4v) is 2.74. The van der Waals surface area contributed by atoms with Crippen molar-refractivity contribution < 1.29 is 5.11 Å². The monoisotopic (exact) mass is 326 g/mol. The minimum Gasteiger partial charge on any atom is -0.394 e. The average molecular weight is 327 g/mol. The second kappa shape index (κ2) is 6.99. The van der Waals surface area contributed by atoms with E-state index in [1.807, 2.05) is 61.5 Å². The molecule has 0 fully saturated rings. The van der Waals surface area contributed by atoms with E-state index in [1.54, 1.807) is 0 Å². The van der Waals surface area contributed by atoms with E-state index in [-0.39, 0.29) is 12.6 Å². The highest BCUT2D eigenvalue weighted by atomic mass is 35.5. The van der Waals surface area contributed by atoms with Crippen molar-refractivity contribution in [3.05, 3.63) is 59.6 Å². The molecule has 0 bridgehead atoms. The van der Waals surface area contributed by atoms with Gasteiger partial charge in [0.05, 0.1) is 17.8 Å². The number of aliphatic hydroxyl groups excluding tert-OH is 1. The maximum Gasteiger partial charge on any atom is 0.0731 e. The van der Waals surface area contributed by atoms with Gasteiger partial charge in [0.15, 0.2) is 0 Å². The fourth-order valence-electron chi connectivity index (χ4n) is 2.57. The molecule has 0 saturated heterocycles. The van der Waals surface area contributed by atoms with Crippen molar-refractivity contribution in [2.75, 3.05) is 11.9 Å². The Kier molecular flexibility index (Phi) is 4.79. The van der Waals surface area contributed by atoms with Gasteiger partial charge in [0.2, 0.25) is 0 Å². The molecule has 1 aromatic heterocycles. The van der Waals surface area contributed by atoms with E-state index in [0.29, 0.717) is 5.02 Å². The van der Waals surface area contributed by atoms with Crippen molar-refractivity contribution in [2.45, 2.75) is 19.4 Å². The number of pyridine rings is 1. The second-order valence-electron chi connectivity index (χ2n) is 5.51. The minimum absolute atomic E-state index is 0.00297. The quantitative estimate of drug-likeness (QED) is 0.712. The second-order valence-corrected chi connectivity index (χ2v) is 5.95. The number of aliphatic hydroxyl groups is 1. The van der Waals surface area contributed by atoms with Crippen LogP contribution in [-0.4, -0.2) is 22.7 Å². The summed E-state index contributed by atoms with van der Waals surface area (Å²) in [5.74, 6) is 0. The van der Waals surface area contributed by atoms with Crippen LogP contribution >= 0.6 is 11.6 Å². The van der Waals surface area contributed by atoms with E-state index in [4.69, 9.17) is 16.6 Å². The molecule has 3 rings (SSSR count). The molecule has 4 heteroatoms. The first kappa shape index (κ1) is 15.8. The molecule has 118 valence electrons. The van der Waals surface area contributed by atoms with Gasteiger partial charge in [0, 0.05) is 27.7 Å². The van der Waals surface area contributed by atoms with Crippen molar-refractivity contribution >= 4 is 28.2 Å². The predicted molar refractivity (Wildman–Crippen MR) is 97.0 cm³/mol. The molecule has 0 radical (unpaired) electrons. The molecule has 1 unspecified atom stereocenters. The number of aromatic nitrogens is 1. The number of anilines is 1. The van der Waals surface area contributed by atoms with E-state index >= 15 is 0 Å². The summed E-state index contributed by atoms with van der Waals surface area (Å²) in [6, 6.07) is 17.8. The van der Waals surface area contributed by atoms with Gasteiger partial charge in [-0.1, -0.05) is 48.9 Å². The Bertz CT molecular complexity index is 801. The zero-order chi connectivity index (χ0) is 16.2. The number of nitrogens with zero attached hydrogens (tertiary/aromatic N) is 1. The summed E-state index contributed by atoms with van der Waals surface area (Å²) in [5, 5.41) is 14.5. The number of hydrogen-bond acceptors (Lipinski definition) is 3. The molecular formula is C19H19ClN2O. The van der Waals surface area contributed by atoms with Gasteiger partial charge in [-0.3, -0.25) is 0 Å². The normalized spacial score (nSPS) is 12.3. The van der Waals surface area contributed by atoms with Crippen LogP contribution in [0.3, 0.4) is 0 Å². The van der Waals surface area contributed by atoms with Crippen LogP contribution in [-0.2, 0) is 0 Å². The van der Waals surface area contributed by atoms with Gasteiger partial charge in [0.1, 0.15) is 0 Å². The van der Waals surface area contributed by atoms with Crippen LogP contribution in [0.1, 0.15) is 13.3 Å². The van der Waals surface area contributed by atoms with Crippen molar-refractivity contribution in [2.24, 2.45) is 0 Å². The molecule has 0 saturated carbocycles. The first-order valence-corrected chi connectivity index (χ1v) is 8.12. The third kappa shape index (κ3) is 3.46. The fraction of sp³-hybridized carbons (Fsp3) is 0.211. The summed E-state index contributed by atoms with van der Waals surface area (Å²) in [7, 11) is 0. The molecule has 3 nitrogen and oxygen atoms in total. The summed E-state index contributed by atoms with van der Waals surface area (Å²) >= 11 is 6.15. The van der Waals surface area contributed by atoms with E-state index in [2.05, 4.69) is 5.32 Å². The zero-order valence-corrected chi connectivity index (χ0v) is 13.7. The Labute approximate surface area is 140 Å². The lowest BCUT2D eigenvalue weighted by molar-refractivity contribution is 0.272. The number of hydrogen-bond donors (Lipinski definition) is 2. The van der Waals surface area contributed by atoms with Crippen LogP contribution < -0.4 is 5.32 Å². The van der Waals surface area contributed by atoms with Crippen molar-refractivity contribution in [3.63, 3.8) is 0 Å². The molecule has 1 heterocycles. The van der Waals surface area contributed by atoms with E-state index in [0.717, 1.165) is 34.3 Å². The van der Waals surface area contributed by atoms with E-state index in [9.17, 15) is 5.11 Å². The first-order valence-electron chi connectivity index (χ1n) is 7.74. The SMILES string of the molecule is CCC(CO)Nc1cc(-c2ccccc2)nc2ccc(Cl)cc12. The van der Waals surface area contributed by atoms with E-state index in [1.165, 1.54) is 0 Å². The number of benzene rings is 2. The van der Waals surface area contributed by atoms with Crippen LogP contribution in [0.5, 0.6) is 0 Å². The lowest BCUT2D eigenvalue weighted by atomic mass is 10.1. The summed E-state index contributed by atoms with van der Waals surface area (Å²) in [4.78, 5) is 4.75. The minimum atomic E-state index is 0.00297. The smallest absolute Gasteiger partial charge is 0.0731 e. The maximum atomic E-state index is 9.50. The highest BCUT2D eigenvalue weighted by Crippen LogP contribution is 2.30. The molecule has 1 atom stereocenters. The van der Waals surface area contributed by atoms with Gasteiger partial charge in [-0.15, -0.1) is 0 Å². The molecule has 3 aromatic rings. The molecule has 23 heavy (non-hydrogen) atoms. The van der Waals surface area contributed by atoms with Crippen molar-refractivity contribution in [1.82, 2.24) is 4.98 Å². The Hall–Kier alpha value is -2.10. The van der Waals surface area contributed by atoms with Crippen LogP contribution in [0.25, 0.3) is 22.2 Å². The molecule has 0 aliphatic rings. The van der Waals surface area contributed by atoms with Crippen LogP contribution in [0.4, 0.5) is 5.69 Å². The molecular weight excluding hydrogens is 308 g/mol. The highest BCUT2D eigenvalue weighted by Gasteiger charge is 2.11. The van der Waals surface area contributed by atoms with Gasteiger partial charge < -0.3 is 10.4 Å². The predicted octanol–water partition coefficient (Wildman–Crippen LogP) is 4.74. The summed E-state index contributed by atoms with van der Waals surface area (Å²) in [6.45, 7) is 2.13. The number of rotatable bonds is 5. The summed E-state index contributed by atoms with van der Waals surface area (Å²) in [6.07, 6.45) is 0.835. The zero-order valence-electron chi connectivity index (χ0n) is 13.0. The third-order valence-corrected chi connectivity index (χ3v) is 4.15. The average Bonchev–Trinajstić information content (AvgIpc) is 2.60.